The van der Waals surface area contributed by atoms with Crippen molar-refractivity contribution in [2.75, 3.05) is 6.54 Å². The highest BCUT2D eigenvalue weighted by Gasteiger charge is 2.19. The molecule has 1 unspecified atom stereocenters. The van der Waals surface area contributed by atoms with E-state index in [0.717, 1.165) is 31.1 Å². The number of nitrogens with zero attached hydrogens (tertiary/aromatic N) is 2. The van der Waals surface area contributed by atoms with Crippen molar-refractivity contribution in [3.8, 4) is 0 Å². The fraction of sp³-hybridized carbons (Fsp3) is 0.524. The summed E-state index contributed by atoms with van der Waals surface area (Å²) in [5, 5.41) is 6.75. The summed E-state index contributed by atoms with van der Waals surface area (Å²) in [6, 6.07) is 10.9. The van der Waals surface area contributed by atoms with E-state index >= 15 is 0 Å². The predicted octanol–water partition coefficient (Wildman–Crippen LogP) is 4.67. The Morgan fingerprint density at radius 1 is 1.22 bits per heavy atom. The molecule has 6 heteroatoms. The molecular weight excluding hydrogens is 451 g/mol. The maximum atomic E-state index is 5.81. The molecular formula is C21H33IN4O. The van der Waals surface area contributed by atoms with Crippen LogP contribution in [0.25, 0.3) is 0 Å². The molecule has 1 atom stereocenters. The summed E-state index contributed by atoms with van der Waals surface area (Å²) in [5.41, 5.74) is 1.32. The smallest absolute Gasteiger partial charge is 0.216 e. The van der Waals surface area contributed by atoms with Gasteiger partial charge in [-0.1, -0.05) is 51.1 Å². The van der Waals surface area contributed by atoms with Gasteiger partial charge in [-0.25, -0.2) is 9.98 Å². The van der Waals surface area contributed by atoms with E-state index in [4.69, 9.17) is 4.42 Å². The number of rotatable bonds is 7. The molecule has 1 aromatic carbocycles. The van der Waals surface area contributed by atoms with Crippen molar-refractivity contribution in [3.63, 3.8) is 0 Å². The van der Waals surface area contributed by atoms with E-state index in [2.05, 4.69) is 85.6 Å². The molecule has 0 fully saturated rings. The Balaban J connectivity index is 0.00000364. The molecule has 0 aliphatic rings. The van der Waals surface area contributed by atoms with E-state index in [9.17, 15) is 0 Å². The SMILES string of the molecule is CCNC(=NCc1ncc(C(C)(C)C)o1)NC(C)CCc1ccccc1.I. The van der Waals surface area contributed by atoms with Crippen molar-refractivity contribution >= 4 is 29.9 Å². The summed E-state index contributed by atoms with van der Waals surface area (Å²) in [5.74, 6) is 2.32. The zero-order valence-electron chi connectivity index (χ0n) is 17.1. The quantitative estimate of drug-likeness (QED) is 0.341. The highest BCUT2D eigenvalue weighted by Crippen LogP contribution is 2.22. The molecule has 5 nitrogen and oxygen atoms in total. The number of hydrogen-bond acceptors (Lipinski definition) is 3. The molecule has 0 aliphatic heterocycles. The van der Waals surface area contributed by atoms with Crippen LogP contribution in [-0.4, -0.2) is 23.5 Å². The second-order valence-corrected chi connectivity index (χ2v) is 7.63. The van der Waals surface area contributed by atoms with E-state index in [1.807, 2.05) is 0 Å². The van der Waals surface area contributed by atoms with Crippen LogP contribution in [0.1, 0.15) is 58.3 Å². The third-order valence-electron chi connectivity index (χ3n) is 4.10. The number of nitrogens with one attached hydrogen (secondary N) is 2. The van der Waals surface area contributed by atoms with Gasteiger partial charge in [-0.2, -0.15) is 0 Å². The summed E-state index contributed by atoms with van der Waals surface area (Å²) in [6.45, 7) is 11.8. The lowest BCUT2D eigenvalue weighted by Gasteiger charge is -2.17. The first-order valence-electron chi connectivity index (χ1n) is 9.42. The van der Waals surface area contributed by atoms with E-state index < -0.39 is 0 Å². The number of hydrogen-bond donors (Lipinski definition) is 2. The molecule has 1 aromatic heterocycles. The normalized spacial score (nSPS) is 13.0. The second-order valence-electron chi connectivity index (χ2n) is 7.63. The standard InChI is InChI=1S/C21H32N4O.HI/c1-6-22-20(24-15-19-23-14-18(26-19)21(3,4)5)25-16(2)12-13-17-10-8-7-9-11-17;/h7-11,14,16H,6,12-13,15H2,1-5H3,(H2,22,24,25);1H. The Morgan fingerprint density at radius 2 is 1.93 bits per heavy atom. The fourth-order valence-corrected chi connectivity index (χ4v) is 2.53. The molecule has 27 heavy (non-hydrogen) atoms. The van der Waals surface area contributed by atoms with Gasteiger partial charge in [-0.05, 0) is 32.3 Å². The minimum absolute atomic E-state index is 0. The van der Waals surface area contributed by atoms with Crippen LogP contribution in [0.15, 0.2) is 45.9 Å². The summed E-state index contributed by atoms with van der Waals surface area (Å²) < 4.78 is 5.81. The van der Waals surface area contributed by atoms with Gasteiger partial charge in [-0.3, -0.25) is 0 Å². The number of benzene rings is 1. The highest BCUT2D eigenvalue weighted by atomic mass is 127. The molecule has 0 aliphatic carbocycles. The molecule has 0 bridgehead atoms. The lowest BCUT2D eigenvalue weighted by atomic mass is 9.94. The van der Waals surface area contributed by atoms with E-state index in [0.29, 0.717) is 18.5 Å². The van der Waals surface area contributed by atoms with Crippen molar-refractivity contribution in [2.24, 2.45) is 4.99 Å². The molecule has 1 heterocycles. The monoisotopic (exact) mass is 484 g/mol. The molecule has 0 saturated heterocycles. The fourth-order valence-electron chi connectivity index (χ4n) is 2.53. The van der Waals surface area contributed by atoms with Gasteiger partial charge in [0.05, 0.1) is 6.20 Å². The van der Waals surface area contributed by atoms with Crippen molar-refractivity contribution in [3.05, 3.63) is 53.7 Å². The van der Waals surface area contributed by atoms with E-state index in [1.54, 1.807) is 6.20 Å². The third-order valence-corrected chi connectivity index (χ3v) is 4.10. The van der Waals surface area contributed by atoms with E-state index in [-0.39, 0.29) is 29.4 Å². The molecule has 0 amide bonds. The zero-order chi connectivity index (χ0) is 19.0. The summed E-state index contributed by atoms with van der Waals surface area (Å²) in [7, 11) is 0. The van der Waals surface area contributed by atoms with Gasteiger partial charge >= 0.3 is 0 Å². The number of oxazole rings is 1. The maximum Gasteiger partial charge on any atom is 0.216 e. The number of aryl methyl sites for hydroxylation is 1. The van der Waals surface area contributed by atoms with Gasteiger partial charge in [0.25, 0.3) is 0 Å². The summed E-state index contributed by atoms with van der Waals surface area (Å²) in [4.78, 5) is 8.95. The Hall–Kier alpha value is -1.57. The second kappa shape index (κ2) is 11.3. The zero-order valence-corrected chi connectivity index (χ0v) is 19.4. The first-order chi connectivity index (χ1) is 12.4. The Labute approximate surface area is 180 Å². The van der Waals surface area contributed by atoms with Crippen LogP contribution in [0.5, 0.6) is 0 Å². The number of aromatic nitrogens is 1. The Bertz CT molecular complexity index is 692. The van der Waals surface area contributed by atoms with Crippen LogP contribution in [0, 0.1) is 0 Å². The highest BCUT2D eigenvalue weighted by molar-refractivity contribution is 14.0. The molecule has 150 valence electrons. The van der Waals surface area contributed by atoms with E-state index in [1.165, 1.54) is 5.56 Å². The number of guanidine groups is 1. The molecule has 2 aromatic rings. The minimum atomic E-state index is -0.0380. The maximum absolute atomic E-state index is 5.81. The first kappa shape index (κ1) is 23.5. The minimum Gasteiger partial charge on any atom is -0.443 e. The van der Waals surface area contributed by atoms with Crippen LogP contribution < -0.4 is 10.6 Å². The Kier molecular flexibility index (Phi) is 9.83. The van der Waals surface area contributed by atoms with Gasteiger partial charge in [0.1, 0.15) is 12.3 Å². The van der Waals surface area contributed by atoms with Crippen molar-refractivity contribution in [1.82, 2.24) is 15.6 Å². The number of halogens is 1. The van der Waals surface area contributed by atoms with Crippen LogP contribution in [0.3, 0.4) is 0 Å². The van der Waals surface area contributed by atoms with Gasteiger partial charge in [0.15, 0.2) is 5.96 Å². The molecule has 0 saturated carbocycles. The third kappa shape index (κ3) is 8.32. The van der Waals surface area contributed by atoms with Crippen LogP contribution in [0.2, 0.25) is 0 Å². The Morgan fingerprint density at radius 3 is 2.52 bits per heavy atom. The first-order valence-corrected chi connectivity index (χ1v) is 9.42. The molecule has 0 spiro atoms. The molecule has 2 N–H and O–H groups in total. The van der Waals surface area contributed by atoms with Gasteiger partial charge < -0.3 is 15.1 Å². The lowest BCUT2D eigenvalue weighted by molar-refractivity contribution is 0.383. The molecule has 0 radical (unpaired) electrons. The topological polar surface area (TPSA) is 62.5 Å². The largest absolute Gasteiger partial charge is 0.443 e. The van der Waals surface area contributed by atoms with Crippen LogP contribution in [-0.2, 0) is 18.4 Å². The average Bonchev–Trinajstić information content (AvgIpc) is 3.08. The van der Waals surface area contributed by atoms with Gasteiger partial charge in [-0.15, -0.1) is 24.0 Å². The van der Waals surface area contributed by atoms with Crippen molar-refractivity contribution in [1.29, 1.82) is 0 Å². The number of aliphatic imine (C=N–C) groups is 1. The summed E-state index contributed by atoms with van der Waals surface area (Å²) in [6.07, 6.45) is 3.89. The van der Waals surface area contributed by atoms with Crippen LogP contribution in [0.4, 0.5) is 0 Å². The predicted molar refractivity (Wildman–Crippen MR) is 123 cm³/mol. The lowest BCUT2D eigenvalue weighted by Crippen LogP contribution is -2.42. The molecule has 2 rings (SSSR count). The van der Waals surface area contributed by atoms with Gasteiger partial charge in [0.2, 0.25) is 5.89 Å². The average molecular weight is 484 g/mol. The van der Waals surface area contributed by atoms with Crippen molar-refractivity contribution in [2.45, 2.75) is 65.5 Å². The summed E-state index contributed by atoms with van der Waals surface area (Å²) >= 11 is 0. The van der Waals surface area contributed by atoms with Gasteiger partial charge in [0, 0.05) is 18.0 Å². The van der Waals surface area contributed by atoms with Crippen LogP contribution >= 0.6 is 24.0 Å². The van der Waals surface area contributed by atoms with Crippen molar-refractivity contribution < 1.29 is 4.42 Å².